The zero-order valence-corrected chi connectivity index (χ0v) is 14.7. The third kappa shape index (κ3) is 3.47. The van der Waals surface area contributed by atoms with Crippen molar-refractivity contribution < 1.29 is 32.1 Å². The molecule has 3 fully saturated rings. The Labute approximate surface area is 136 Å². The van der Waals surface area contributed by atoms with Crippen LogP contribution in [0.1, 0.15) is 27.7 Å². The number of hydrogen-bond donors (Lipinski definition) is 0. The predicted molar refractivity (Wildman–Crippen MR) is 81.4 cm³/mol. The molecule has 8 heteroatoms. The Bertz CT molecular complexity index is 583. The molecule has 0 aromatic carbocycles. The second-order valence-corrected chi connectivity index (χ2v) is 9.23. The molecule has 0 unspecified atom stereocenters. The van der Waals surface area contributed by atoms with Crippen LogP contribution in [0.3, 0.4) is 0 Å². The van der Waals surface area contributed by atoms with E-state index in [1.165, 1.54) is 6.08 Å². The first kappa shape index (κ1) is 17.3. The summed E-state index contributed by atoms with van der Waals surface area (Å²) in [5, 5.41) is 0. The van der Waals surface area contributed by atoms with Crippen LogP contribution in [0.15, 0.2) is 12.7 Å². The van der Waals surface area contributed by atoms with Gasteiger partial charge in [-0.3, -0.25) is 0 Å². The lowest BCUT2D eigenvalue weighted by atomic mass is 10.00. The van der Waals surface area contributed by atoms with E-state index in [0.29, 0.717) is 0 Å². The Morgan fingerprint density at radius 2 is 1.52 bits per heavy atom. The maximum Gasteiger partial charge on any atom is 0.190 e. The van der Waals surface area contributed by atoms with E-state index in [4.69, 9.17) is 23.7 Å². The van der Waals surface area contributed by atoms with Crippen LogP contribution >= 0.6 is 0 Å². The van der Waals surface area contributed by atoms with Crippen molar-refractivity contribution in [3.05, 3.63) is 12.7 Å². The SMILES string of the molecule is C=CCS(=O)(=O)C[C@H]1O[C@@H]2OC(C)(C)O[C@@H]2[C@H]2OC(C)(C)O[C@H]21. The summed E-state index contributed by atoms with van der Waals surface area (Å²) >= 11 is 0. The second kappa shape index (κ2) is 5.50. The summed E-state index contributed by atoms with van der Waals surface area (Å²) < 4.78 is 53.6. The average molecular weight is 348 g/mol. The van der Waals surface area contributed by atoms with Gasteiger partial charge in [-0.25, -0.2) is 8.42 Å². The lowest BCUT2D eigenvalue weighted by Gasteiger charge is -2.37. The van der Waals surface area contributed by atoms with Gasteiger partial charge in [0.25, 0.3) is 0 Å². The lowest BCUT2D eigenvalue weighted by Crippen LogP contribution is -2.56. The molecule has 5 atom stereocenters. The highest BCUT2D eigenvalue weighted by Crippen LogP contribution is 2.44. The molecule has 3 aliphatic rings. The first-order valence-corrected chi connectivity index (χ1v) is 9.52. The van der Waals surface area contributed by atoms with Crippen molar-refractivity contribution in [2.75, 3.05) is 11.5 Å². The normalized spacial score (nSPS) is 41.3. The fraction of sp³-hybridized carbons (Fsp3) is 0.867. The van der Waals surface area contributed by atoms with Crippen molar-refractivity contribution in [1.82, 2.24) is 0 Å². The van der Waals surface area contributed by atoms with Crippen molar-refractivity contribution in [3.8, 4) is 0 Å². The monoisotopic (exact) mass is 348 g/mol. The molecule has 3 heterocycles. The molecule has 0 saturated carbocycles. The van der Waals surface area contributed by atoms with Crippen LogP contribution in [0.5, 0.6) is 0 Å². The van der Waals surface area contributed by atoms with Crippen LogP contribution in [0.25, 0.3) is 0 Å². The molecular formula is C15H24O7S. The summed E-state index contributed by atoms with van der Waals surface area (Å²) in [5.41, 5.74) is 0. The molecule has 3 aliphatic heterocycles. The van der Waals surface area contributed by atoms with Gasteiger partial charge in [0.1, 0.15) is 24.4 Å². The molecule has 0 amide bonds. The quantitative estimate of drug-likeness (QED) is 0.701. The smallest absolute Gasteiger partial charge is 0.190 e. The molecule has 3 saturated heterocycles. The average Bonchev–Trinajstić information content (AvgIpc) is 2.84. The Morgan fingerprint density at radius 3 is 2.17 bits per heavy atom. The summed E-state index contributed by atoms with van der Waals surface area (Å²) in [4.78, 5) is 0. The third-order valence-corrected chi connectivity index (χ3v) is 5.62. The summed E-state index contributed by atoms with van der Waals surface area (Å²) in [5.74, 6) is -1.92. The van der Waals surface area contributed by atoms with Crippen LogP contribution in [-0.2, 0) is 33.5 Å². The molecule has 0 aromatic heterocycles. The number of sulfone groups is 1. The maximum absolute atomic E-state index is 12.1. The van der Waals surface area contributed by atoms with Gasteiger partial charge in [0.05, 0.1) is 11.5 Å². The Hall–Kier alpha value is -0.510. The van der Waals surface area contributed by atoms with Crippen molar-refractivity contribution >= 4 is 9.84 Å². The van der Waals surface area contributed by atoms with Gasteiger partial charge in [-0.2, -0.15) is 0 Å². The molecule has 7 nitrogen and oxygen atoms in total. The highest BCUT2D eigenvalue weighted by atomic mass is 32.2. The highest BCUT2D eigenvalue weighted by Gasteiger charge is 2.61. The zero-order valence-electron chi connectivity index (χ0n) is 13.9. The van der Waals surface area contributed by atoms with Crippen LogP contribution in [0.4, 0.5) is 0 Å². The fourth-order valence-corrected chi connectivity index (χ4v) is 4.59. The van der Waals surface area contributed by atoms with E-state index >= 15 is 0 Å². The van der Waals surface area contributed by atoms with E-state index in [0.717, 1.165) is 0 Å². The molecule has 132 valence electrons. The largest absolute Gasteiger partial charge is 0.343 e. The van der Waals surface area contributed by atoms with Gasteiger partial charge in [-0.1, -0.05) is 6.08 Å². The van der Waals surface area contributed by atoms with E-state index in [1.54, 1.807) is 27.7 Å². The summed E-state index contributed by atoms with van der Waals surface area (Å²) in [6.07, 6.45) is -1.39. The number of fused-ring (bicyclic) bond motifs is 3. The molecule has 0 N–H and O–H groups in total. The number of hydrogen-bond acceptors (Lipinski definition) is 7. The minimum absolute atomic E-state index is 0.106. The van der Waals surface area contributed by atoms with Crippen LogP contribution in [0.2, 0.25) is 0 Å². The number of rotatable bonds is 4. The van der Waals surface area contributed by atoms with Crippen molar-refractivity contribution in [3.63, 3.8) is 0 Å². The van der Waals surface area contributed by atoms with Crippen molar-refractivity contribution in [1.29, 1.82) is 0 Å². The third-order valence-electron chi connectivity index (χ3n) is 4.04. The zero-order chi connectivity index (χ0) is 17.0. The first-order chi connectivity index (χ1) is 10.5. The van der Waals surface area contributed by atoms with Crippen molar-refractivity contribution in [2.45, 2.75) is 70.0 Å². The van der Waals surface area contributed by atoms with E-state index < -0.39 is 52.1 Å². The fourth-order valence-electron chi connectivity index (χ4n) is 3.33. The van der Waals surface area contributed by atoms with Gasteiger partial charge in [-0.15, -0.1) is 6.58 Å². The lowest BCUT2D eigenvalue weighted by molar-refractivity contribution is -0.228. The van der Waals surface area contributed by atoms with E-state index in [-0.39, 0.29) is 11.5 Å². The number of ether oxygens (including phenoxy) is 5. The Morgan fingerprint density at radius 1 is 0.957 bits per heavy atom. The van der Waals surface area contributed by atoms with E-state index in [1.807, 2.05) is 0 Å². The minimum atomic E-state index is -3.34. The molecule has 0 spiro atoms. The van der Waals surface area contributed by atoms with Gasteiger partial charge in [0.15, 0.2) is 27.7 Å². The van der Waals surface area contributed by atoms with E-state index in [9.17, 15) is 8.42 Å². The molecule has 0 radical (unpaired) electrons. The molecule has 0 aromatic rings. The summed E-state index contributed by atoms with van der Waals surface area (Å²) in [6.45, 7) is 10.6. The predicted octanol–water partition coefficient (Wildman–Crippen LogP) is 0.984. The van der Waals surface area contributed by atoms with Gasteiger partial charge < -0.3 is 23.7 Å². The minimum Gasteiger partial charge on any atom is -0.343 e. The van der Waals surface area contributed by atoms with Gasteiger partial charge in [0, 0.05) is 0 Å². The summed E-state index contributed by atoms with van der Waals surface area (Å²) in [7, 11) is -3.34. The molecule has 0 bridgehead atoms. The van der Waals surface area contributed by atoms with Gasteiger partial charge >= 0.3 is 0 Å². The molecule has 3 rings (SSSR count). The van der Waals surface area contributed by atoms with Crippen LogP contribution in [0, 0.1) is 0 Å². The molecular weight excluding hydrogens is 324 g/mol. The van der Waals surface area contributed by atoms with E-state index in [2.05, 4.69) is 6.58 Å². The Kier molecular flexibility index (Phi) is 4.14. The highest BCUT2D eigenvalue weighted by molar-refractivity contribution is 7.91. The standard InChI is InChI=1S/C15H24O7S/c1-6-7-23(16,17)8-9-10-11(20-14(2,3)19-10)12-13(18-9)22-15(4,5)21-12/h6,9-13H,1,7-8H2,2-5H3/t9-,10+,11+,12-,13-/m1/s1. The van der Waals surface area contributed by atoms with Crippen LogP contribution in [-0.4, -0.2) is 62.2 Å². The maximum atomic E-state index is 12.1. The van der Waals surface area contributed by atoms with Gasteiger partial charge in [-0.05, 0) is 27.7 Å². The topological polar surface area (TPSA) is 80.3 Å². The molecule has 0 aliphatic carbocycles. The Balaban J connectivity index is 1.85. The van der Waals surface area contributed by atoms with Gasteiger partial charge in [0.2, 0.25) is 0 Å². The van der Waals surface area contributed by atoms with Crippen LogP contribution < -0.4 is 0 Å². The first-order valence-electron chi connectivity index (χ1n) is 7.70. The molecule has 23 heavy (non-hydrogen) atoms. The second-order valence-electron chi connectivity index (χ2n) is 7.07. The summed E-state index contributed by atoms with van der Waals surface area (Å²) in [6, 6.07) is 0. The van der Waals surface area contributed by atoms with Crippen molar-refractivity contribution in [2.24, 2.45) is 0 Å².